The number of likely N-dealkylation sites (N-methyl/N-ethyl adjacent to an activating group) is 1. The van der Waals surface area contributed by atoms with Gasteiger partial charge in [0.2, 0.25) is 0 Å². The summed E-state index contributed by atoms with van der Waals surface area (Å²) in [5.74, 6) is 0.575. The molecule has 0 heterocycles. The number of ether oxygens (including phenoxy) is 1. The molecule has 0 saturated heterocycles. The minimum atomic E-state index is -0.183. The van der Waals surface area contributed by atoms with Crippen LogP contribution < -0.4 is 4.74 Å². The van der Waals surface area contributed by atoms with E-state index in [1.54, 1.807) is 31.3 Å². The second-order valence-corrected chi connectivity index (χ2v) is 4.16. The van der Waals surface area contributed by atoms with Gasteiger partial charge in [0.25, 0.3) is 5.91 Å². The van der Waals surface area contributed by atoms with Crippen LogP contribution >= 0.6 is 0 Å². The molecular weight excluding hydrogens is 232 g/mol. The van der Waals surface area contributed by atoms with E-state index in [1.807, 2.05) is 19.0 Å². The zero-order chi connectivity index (χ0) is 13.5. The molecular formula is C13H20N2O3. The van der Waals surface area contributed by atoms with Gasteiger partial charge in [0, 0.05) is 19.2 Å². The molecule has 0 aliphatic carbocycles. The average molecular weight is 252 g/mol. The predicted molar refractivity (Wildman–Crippen MR) is 69.6 cm³/mol. The monoisotopic (exact) mass is 252 g/mol. The lowest BCUT2D eigenvalue weighted by Gasteiger charge is -2.14. The molecule has 0 fully saturated rings. The lowest BCUT2D eigenvalue weighted by Crippen LogP contribution is -2.25. The third-order valence-electron chi connectivity index (χ3n) is 2.47. The van der Waals surface area contributed by atoms with Crippen molar-refractivity contribution >= 4 is 5.91 Å². The minimum absolute atomic E-state index is 0.183. The van der Waals surface area contributed by atoms with Crippen molar-refractivity contribution in [3.05, 3.63) is 29.8 Å². The number of hydroxylamine groups is 2. The Balaban J connectivity index is 2.54. The van der Waals surface area contributed by atoms with Crippen LogP contribution in [0.5, 0.6) is 5.75 Å². The highest BCUT2D eigenvalue weighted by Gasteiger charge is 2.10. The third kappa shape index (κ3) is 4.35. The smallest absolute Gasteiger partial charge is 0.277 e. The Labute approximate surface area is 108 Å². The Kier molecular flexibility index (Phi) is 5.61. The molecule has 0 N–H and O–H groups in total. The van der Waals surface area contributed by atoms with Crippen LogP contribution in [-0.4, -0.2) is 57.3 Å². The standard InChI is InChI=1S/C13H20N2O3/c1-14(2)9-10-18-12-7-5-11(6-8-12)13(16)15(3)17-4/h5-8H,9-10H2,1-4H3. The number of carbonyl (C=O) groups is 1. The summed E-state index contributed by atoms with van der Waals surface area (Å²) in [4.78, 5) is 18.6. The van der Waals surface area contributed by atoms with Gasteiger partial charge in [-0.1, -0.05) is 0 Å². The van der Waals surface area contributed by atoms with E-state index < -0.39 is 0 Å². The maximum absolute atomic E-state index is 11.7. The SMILES string of the molecule is CON(C)C(=O)c1ccc(OCCN(C)C)cc1. The summed E-state index contributed by atoms with van der Waals surface area (Å²) >= 11 is 0. The van der Waals surface area contributed by atoms with Crippen LogP contribution in [-0.2, 0) is 4.84 Å². The number of rotatable bonds is 6. The third-order valence-corrected chi connectivity index (χ3v) is 2.47. The fraction of sp³-hybridized carbons (Fsp3) is 0.462. The lowest BCUT2D eigenvalue weighted by molar-refractivity contribution is -0.0757. The highest BCUT2D eigenvalue weighted by atomic mass is 16.7. The topological polar surface area (TPSA) is 42.0 Å². The van der Waals surface area contributed by atoms with Crippen molar-refractivity contribution in [3.8, 4) is 5.75 Å². The maximum atomic E-state index is 11.7. The van der Waals surface area contributed by atoms with Gasteiger partial charge in [0.15, 0.2) is 0 Å². The first-order valence-corrected chi connectivity index (χ1v) is 5.74. The van der Waals surface area contributed by atoms with Gasteiger partial charge >= 0.3 is 0 Å². The second kappa shape index (κ2) is 6.98. The van der Waals surface area contributed by atoms with Gasteiger partial charge in [-0.3, -0.25) is 9.63 Å². The van der Waals surface area contributed by atoms with Crippen molar-refractivity contribution in [2.45, 2.75) is 0 Å². The molecule has 0 atom stereocenters. The Morgan fingerprint density at radius 3 is 2.28 bits per heavy atom. The van der Waals surface area contributed by atoms with E-state index in [0.717, 1.165) is 12.3 Å². The Morgan fingerprint density at radius 2 is 1.78 bits per heavy atom. The van der Waals surface area contributed by atoms with Gasteiger partial charge in [0.1, 0.15) is 12.4 Å². The van der Waals surface area contributed by atoms with Crippen molar-refractivity contribution in [3.63, 3.8) is 0 Å². The van der Waals surface area contributed by atoms with Gasteiger partial charge in [-0.2, -0.15) is 0 Å². The average Bonchev–Trinajstić information content (AvgIpc) is 2.37. The molecule has 0 unspecified atom stereocenters. The van der Waals surface area contributed by atoms with Crippen molar-refractivity contribution in [1.82, 2.24) is 9.96 Å². The molecule has 0 saturated carbocycles. The number of hydrogen-bond acceptors (Lipinski definition) is 4. The van der Waals surface area contributed by atoms with Crippen LogP contribution in [0, 0.1) is 0 Å². The Hall–Kier alpha value is -1.59. The van der Waals surface area contributed by atoms with Gasteiger partial charge in [-0.25, -0.2) is 5.06 Å². The first-order chi connectivity index (χ1) is 8.54. The molecule has 1 aromatic carbocycles. The van der Waals surface area contributed by atoms with E-state index in [1.165, 1.54) is 12.2 Å². The van der Waals surface area contributed by atoms with Crippen LogP contribution in [0.2, 0.25) is 0 Å². The zero-order valence-electron chi connectivity index (χ0n) is 11.3. The maximum Gasteiger partial charge on any atom is 0.277 e. The summed E-state index contributed by atoms with van der Waals surface area (Å²) in [6.07, 6.45) is 0. The molecule has 1 amide bonds. The van der Waals surface area contributed by atoms with Crippen molar-refractivity contribution in [1.29, 1.82) is 0 Å². The molecule has 1 rings (SSSR count). The fourth-order valence-electron chi connectivity index (χ4n) is 1.30. The van der Waals surface area contributed by atoms with Gasteiger partial charge in [-0.05, 0) is 38.4 Å². The van der Waals surface area contributed by atoms with Gasteiger partial charge in [-0.15, -0.1) is 0 Å². The Morgan fingerprint density at radius 1 is 1.17 bits per heavy atom. The molecule has 5 heteroatoms. The van der Waals surface area contributed by atoms with Crippen molar-refractivity contribution in [2.24, 2.45) is 0 Å². The molecule has 0 aliphatic heterocycles. The largest absolute Gasteiger partial charge is 0.492 e. The van der Waals surface area contributed by atoms with Gasteiger partial charge < -0.3 is 9.64 Å². The van der Waals surface area contributed by atoms with Crippen LogP contribution in [0.4, 0.5) is 0 Å². The quantitative estimate of drug-likeness (QED) is 0.715. The van der Waals surface area contributed by atoms with Crippen molar-refractivity contribution in [2.75, 3.05) is 41.4 Å². The molecule has 0 spiro atoms. The summed E-state index contributed by atoms with van der Waals surface area (Å²) < 4.78 is 5.54. The lowest BCUT2D eigenvalue weighted by atomic mass is 10.2. The van der Waals surface area contributed by atoms with Crippen LogP contribution in [0.3, 0.4) is 0 Å². The molecule has 0 aliphatic rings. The predicted octanol–water partition coefficient (Wildman–Crippen LogP) is 1.26. The van der Waals surface area contributed by atoms with E-state index in [-0.39, 0.29) is 5.91 Å². The van der Waals surface area contributed by atoms with E-state index >= 15 is 0 Å². The summed E-state index contributed by atoms with van der Waals surface area (Å²) in [5.41, 5.74) is 0.569. The number of carbonyl (C=O) groups excluding carboxylic acids is 1. The molecule has 1 aromatic rings. The first-order valence-electron chi connectivity index (χ1n) is 5.74. The fourth-order valence-corrected chi connectivity index (χ4v) is 1.30. The number of amides is 1. The van der Waals surface area contributed by atoms with Crippen LogP contribution in [0.25, 0.3) is 0 Å². The molecule has 18 heavy (non-hydrogen) atoms. The first kappa shape index (κ1) is 14.5. The van der Waals surface area contributed by atoms with Crippen LogP contribution in [0.15, 0.2) is 24.3 Å². The highest BCUT2D eigenvalue weighted by molar-refractivity contribution is 5.93. The van der Waals surface area contributed by atoms with Crippen LogP contribution in [0.1, 0.15) is 10.4 Å². The molecule has 0 radical (unpaired) electrons. The number of hydrogen-bond donors (Lipinski definition) is 0. The summed E-state index contributed by atoms with van der Waals surface area (Å²) in [7, 11) is 7.01. The van der Waals surface area contributed by atoms with E-state index in [9.17, 15) is 4.79 Å². The van der Waals surface area contributed by atoms with Gasteiger partial charge in [0.05, 0.1) is 7.11 Å². The molecule has 0 aromatic heterocycles. The van der Waals surface area contributed by atoms with E-state index in [4.69, 9.17) is 9.57 Å². The number of nitrogens with zero attached hydrogens (tertiary/aromatic N) is 2. The van der Waals surface area contributed by atoms with E-state index in [0.29, 0.717) is 12.2 Å². The van der Waals surface area contributed by atoms with Crippen molar-refractivity contribution < 1.29 is 14.4 Å². The summed E-state index contributed by atoms with van der Waals surface area (Å²) in [6, 6.07) is 7.02. The number of benzene rings is 1. The zero-order valence-corrected chi connectivity index (χ0v) is 11.3. The second-order valence-electron chi connectivity index (χ2n) is 4.16. The normalized spacial score (nSPS) is 10.5. The summed E-state index contributed by atoms with van der Waals surface area (Å²) in [6.45, 7) is 1.48. The summed E-state index contributed by atoms with van der Waals surface area (Å²) in [5, 5.41) is 1.18. The molecule has 5 nitrogen and oxygen atoms in total. The minimum Gasteiger partial charge on any atom is -0.492 e. The molecule has 0 bridgehead atoms. The highest BCUT2D eigenvalue weighted by Crippen LogP contribution is 2.13. The molecule has 100 valence electrons. The van der Waals surface area contributed by atoms with E-state index in [2.05, 4.69) is 0 Å². The Bertz CT molecular complexity index is 376.